The Labute approximate surface area is 134 Å². The summed E-state index contributed by atoms with van der Waals surface area (Å²) in [6.07, 6.45) is 0. The fraction of sp³-hybridized carbons (Fsp3) is 0.0909. The van der Waals surface area contributed by atoms with Gasteiger partial charge in [0.15, 0.2) is 0 Å². The van der Waals surface area contributed by atoms with Gasteiger partial charge in [0.1, 0.15) is 0 Å². The summed E-state index contributed by atoms with van der Waals surface area (Å²) in [4.78, 5) is 0. The molecule has 1 aromatic carbocycles. The maximum absolute atomic E-state index is 6.46. The molecule has 0 aliphatic carbocycles. The molecule has 0 aliphatic heterocycles. The van der Waals surface area contributed by atoms with Gasteiger partial charge in [-0.2, -0.15) is 0 Å². The molecule has 5 heteroatoms. The van der Waals surface area contributed by atoms with Gasteiger partial charge in [0.2, 0.25) is 0 Å². The first kappa shape index (κ1) is 13.3. The summed E-state index contributed by atoms with van der Waals surface area (Å²) in [5.41, 5.74) is 2.23. The topological polar surface area (TPSA) is 0 Å². The van der Waals surface area contributed by atoms with Crippen LogP contribution in [-0.4, -0.2) is 0 Å². The molecule has 0 saturated heterocycles. The maximum Gasteiger partial charge on any atom is 0.0854 e. The van der Waals surface area contributed by atoms with Crippen LogP contribution in [0.25, 0.3) is 0 Å². The molecular formula is C11H6Br2ClIS. The summed E-state index contributed by atoms with van der Waals surface area (Å²) < 4.78 is 3.39. The Kier molecular flexibility index (Phi) is 4.74. The fourth-order valence-corrected chi connectivity index (χ4v) is 5.11. The first-order valence-corrected chi connectivity index (χ1v) is 8.34. The third-order valence-corrected chi connectivity index (χ3v) is 5.71. The smallest absolute Gasteiger partial charge is 0.0854 e. The van der Waals surface area contributed by atoms with E-state index in [2.05, 4.69) is 84.8 Å². The van der Waals surface area contributed by atoms with Crippen molar-refractivity contribution in [3.8, 4) is 0 Å². The number of hydrogen-bond acceptors (Lipinski definition) is 1. The highest BCUT2D eigenvalue weighted by Gasteiger charge is 2.16. The van der Waals surface area contributed by atoms with E-state index < -0.39 is 0 Å². The van der Waals surface area contributed by atoms with Crippen molar-refractivity contribution in [2.75, 3.05) is 0 Å². The Hall–Kier alpha value is 0.900. The van der Waals surface area contributed by atoms with Gasteiger partial charge >= 0.3 is 0 Å². The largest absolute Gasteiger partial charge is 0.121 e. The van der Waals surface area contributed by atoms with Gasteiger partial charge in [0.25, 0.3) is 0 Å². The molecule has 0 radical (unpaired) electrons. The number of benzene rings is 1. The number of hydrogen-bond donors (Lipinski definition) is 0. The Bertz CT molecular complexity index is 495. The summed E-state index contributed by atoms with van der Waals surface area (Å²) in [7, 11) is 0. The molecule has 0 N–H and O–H groups in total. The quantitative estimate of drug-likeness (QED) is 0.346. The van der Waals surface area contributed by atoms with E-state index in [9.17, 15) is 0 Å². The van der Waals surface area contributed by atoms with Crippen LogP contribution in [0.4, 0.5) is 0 Å². The van der Waals surface area contributed by atoms with E-state index in [0.29, 0.717) is 0 Å². The van der Waals surface area contributed by atoms with E-state index in [1.165, 1.54) is 3.57 Å². The minimum Gasteiger partial charge on any atom is -0.121 e. The molecule has 0 spiro atoms. The molecule has 1 atom stereocenters. The van der Waals surface area contributed by atoms with Gasteiger partial charge in [-0.3, -0.25) is 0 Å². The second-order valence-electron chi connectivity index (χ2n) is 3.19. The van der Waals surface area contributed by atoms with Gasteiger partial charge < -0.3 is 0 Å². The van der Waals surface area contributed by atoms with E-state index in [-0.39, 0.29) is 5.38 Å². The van der Waals surface area contributed by atoms with Crippen LogP contribution in [0.2, 0.25) is 0 Å². The lowest BCUT2D eigenvalue weighted by Gasteiger charge is -2.08. The standard InChI is InChI=1S/C11H6Br2ClIS/c12-9-5-8(11(13)16-9)10(14)6-1-3-7(15)4-2-6/h1-5,10H. The summed E-state index contributed by atoms with van der Waals surface area (Å²) in [6, 6.07) is 10.3. The number of rotatable bonds is 2. The molecule has 0 saturated carbocycles. The molecule has 2 aromatic rings. The predicted molar refractivity (Wildman–Crippen MR) is 86.6 cm³/mol. The van der Waals surface area contributed by atoms with Crippen LogP contribution >= 0.6 is 77.4 Å². The van der Waals surface area contributed by atoms with Gasteiger partial charge in [-0.15, -0.1) is 22.9 Å². The molecule has 1 aromatic heterocycles. The van der Waals surface area contributed by atoms with E-state index >= 15 is 0 Å². The monoisotopic (exact) mass is 490 g/mol. The SMILES string of the molecule is ClC(c1ccc(I)cc1)c1cc(Br)sc1Br. The molecule has 0 fully saturated rings. The Balaban J connectivity index is 2.35. The van der Waals surface area contributed by atoms with E-state index in [4.69, 9.17) is 11.6 Å². The highest BCUT2D eigenvalue weighted by Crippen LogP contribution is 2.40. The van der Waals surface area contributed by atoms with Crippen LogP contribution in [0.15, 0.2) is 37.9 Å². The van der Waals surface area contributed by atoms with E-state index in [1.807, 2.05) is 0 Å². The lowest BCUT2D eigenvalue weighted by atomic mass is 10.1. The van der Waals surface area contributed by atoms with Crippen molar-refractivity contribution >= 4 is 77.4 Å². The van der Waals surface area contributed by atoms with Crippen LogP contribution in [-0.2, 0) is 0 Å². The molecule has 0 bridgehead atoms. The van der Waals surface area contributed by atoms with Crippen molar-refractivity contribution in [1.82, 2.24) is 0 Å². The lowest BCUT2D eigenvalue weighted by Crippen LogP contribution is -1.91. The summed E-state index contributed by atoms with van der Waals surface area (Å²) >= 11 is 17.4. The van der Waals surface area contributed by atoms with Gasteiger partial charge in [0, 0.05) is 9.13 Å². The molecule has 0 nitrogen and oxygen atoms in total. The normalized spacial score (nSPS) is 12.8. The number of alkyl halides is 1. The van der Waals surface area contributed by atoms with Crippen LogP contribution in [0.3, 0.4) is 0 Å². The molecular weight excluding hydrogens is 486 g/mol. The second-order valence-corrected chi connectivity index (χ2v) is 8.63. The fourth-order valence-electron chi connectivity index (χ4n) is 1.34. The molecule has 2 rings (SSSR count). The van der Waals surface area contributed by atoms with Crippen molar-refractivity contribution in [3.63, 3.8) is 0 Å². The second kappa shape index (κ2) is 5.69. The molecule has 1 unspecified atom stereocenters. The highest BCUT2D eigenvalue weighted by atomic mass is 127. The molecule has 16 heavy (non-hydrogen) atoms. The third kappa shape index (κ3) is 3.02. The van der Waals surface area contributed by atoms with Gasteiger partial charge in [-0.05, 0) is 78.2 Å². The molecule has 84 valence electrons. The third-order valence-electron chi connectivity index (χ3n) is 2.12. The van der Waals surface area contributed by atoms with E-state index in [0.717, 1.165) is 18.7 Å². The van der Waals surface area contributed by atoms with Crippen molar-refractivity contribution in [2.45, 2.75) is 5.38 Å². The average Bonchev–Trinajstić information content (AvgIpc) is 2.58. The summed E-state index contributed by atoms with van der Waals surface area (Å²) in [5, 5.41) is -0.103. The Morgan fingerprint density at radius 2 is 1.81 bits per heavy atom. The van der Waals surface area contributed by atoms with Crippen LogP contribution in [0.1, 0.15) is 16.5 Å². The predicted octanol–water partition coefficient (Wildman–Crippen LogP) is 6.21. The summed E-state index contributed by atoms with van der Waals surface area (Å²) in [5.74, 6) is 0. The van der Waals surface area contributed by atoms with Gasteiger partial charge in [-0.25, -0.2) is 0 Å². The van der Waals surface area contributed by atoms with Crippen molar-refractivity contribution < 1.29 is 0 Å². The zero-order valence-electron chi connectivity index (χ0n) is 7.88. The Morgan fingerprint density at radius 1 is 1.19 bits per heavy atom. The maximum atomic E-state index is 6.46. The minimum absolute atomic E-state index is 0.103. The van der Waals surface area contributed by atoms with Gasteiger partial charge in [-0.1, -0.05) is 12.1 Å². The first-order chi connectivity index (χ1) is 7.58. The molecule has 1 heterocycles. The van der Waals surface area contributed by atoms with Gasteiger partial charge in [0.05, 0.1) is 12.9 Å². The zero-order chi connectivity index (χ0) is 11.7. The van der Waals surface area contributed by atoms with Crippen molar-refractivity contribution in [1.29, 1.82) is 0 Å². The van der Waals surface area contributed by atoms with Crippen LogP contribution < -0.4 is 0 Å². The number of thiophene rings is 1. The number of halogens is 4. The molecule has 0 amide bonds. The lowest BCUT2D eigenvalue weighted by molar-refractivity contribution is 1.14. The van der Waals surface area contributed by atoms with Crippen LogP contribution in [0.5, 0.6) is 0 Å². The highest BCUT2D eigenvalue weighted by molar-refractivity contribution is 14.1. The first-order valence-electron chi connectivity index (χ1n) is 4.42. The van der Waals surface area contributed by atoms with E-state index in [1.54, 1.807) is 11.3 Å². The van der Waals surface area contributed by atoms with Crippen LogP contribution in [0, 0.1) is 3.57 Å². The summed E-state index contributed by atoms with van der Waals surface area (Å²) in [6.45, 7) is 0. The zero-order valence-corrected chi connectivity index (χ0v) is 14.8. The Morgan fingerprint density at radius 3 is 2.31 bits per heavy atom. The molecule has 0 aliphatic rings. The minimum atomic E-state index is -0.103. The average molecular weight is 492 g/mol. The van der Waals surface area contributed by atoms with Crippen molar-refractivity contribution in [3.05, 3.63) is 52.6 Å². The van der Waals surface area contributed by atoms with Crippen molar-refractivity contribution in [2.24, 2.45) is 0 Å².